The van der Waals surface area contributed by atoms with E-state index in [1.54, 1.807) is 0 Å². The molecule has 1 amide bonds. The third-order valence-corrected chi connectivity index (χ3v) is 2.69. The number of amides is 1. The minimum absolute atomic E-state index is 0.0360. The average molecular weight is 184 g/mol. The van der Waals surface area contributed by atoms with E-state index in [1.165, 1.54) is 0 Å². The molecular weight excluding hydrogens is 168 g/mol. The number of rotatable bonds is 2. The average Bonchev–Trinajstić information content (AvgIpc) is 2.63. The number of nitrogens with two attached hydrogens (primary N) is 1. The number of nitrogens with zero attached hydrogens (tertiary/aromatic N) is 1. The maximum atomic E-state index is 11.4. The van der Waals surface area contributed by atoms with Crippen molar-refractivity contribution in [3.8, 4) is 0 Å². The van der Waals surface area contributed by atoms with Crippen molar-refractivity contribution >= 4 is 5.91 Å². The van der Waals surface area contributed by atoms with Gasteiger partial charge in [0, 0.05) is 32.2 Å². The fourth-order valence-electron chi connectivity index (χ4n) is 2.01. The van der Waals surface area contributed by atoms with Gasteiger partial charge >= 0.3 is 0 Å². The molecule has 2 heterocycles. The van der Waals surface area contributed by atoms with E-state index in [9.17, 15) is 4.79 Å². The summed E-state index contributed by atoms with van der Waals surface area (Å²) in [6, 6.07) is 0.0360. The van der Waals surface area contributed by atoms with Gasteiger partial charge in [-0.3, -0.25) is 4.79 Å². The number of hydrogen-bond donors (Lipinski definition) is 1. The van der Waals surface area contributed by atoms with Crippen LogP contribution in [0.2, 0.25) is 0 Å². The predicted octanol–water partition coefficient (Wildman–Crippen LogP) is -0.275. The Hall–Kier alpha value is -0.610. The molecule has 0 spiro atoms. The van der Waals surface area contributed by atoms with Crippen LogP contribution in [0.4, 0.5) is 0 Å². The van der Waals surface area contributed by atoms with Gasteiger partial charge in [-0.25, -0.2) is 0 Å². The van der Waals surface area contributed by atoms with Crippen LogP contribution in [0.5, 0.6) is 0 Å². The number of ether oxygens (including phenoxy) is 1. The zero-order valence-corrected chi connectivity index (χ0v) is 7.74. The SMILES string of the molecule is N[C@@H]1CC(=O)N(C[C@@H]2CCCO2)C1. The lowest BCUT2D eigenvalue weighted by Crippen LogP contribution is -2.34. The Bertz CT molecular complexity index is 202. The van der Waals surface area contributed by atoms with Crippen LogP contribution in [-0.4, -0.2) is 42.6 Å². The van der Waals surface area contributed by atoms with Gasteiger partial charge < -0.3 is 15.4 Å². The van der Waals surface area contributed by atoms with E-state index in [0.717, 1.165) is 26.0 Å². The van der Waals surface area contributed by atoms with Crippen molar-refractivity contribution in [3.05, 3.63) is 0 Å². The summed E-state index contributed by atoms with van der Waals surface area (Å²) in [5.74, 6) is 0.183. The molecular formula is C9H16N2O2. The molecule has 0 aromatic heterocycles. The van der Waals surface area contributed by atoms with E-state index in [0.29, 0.717) is 13.0 Å². The third-order valence-electron chi connectivity index (χ3n) is 2.69. The van der Waals surface area contributed by atoms with Crippen LogP contribution in [0.3, 0.4) is 0 Å². The van der Waals surface area contributed by atoms with E-state index in [2.05, 4.69) is 0 Å². The van der Waals surface area contributed by atoms with Gasteiger partial charge in [-0.1, -0.05) is 0 Å². The fourth-order valence-corrected chi connectivity index (χ4v) is 2.01. The number of hydrogen-bond acceptors (Lipinski definition) is 3. The molecule has 0 saturated carbocycles. The Kier molecular flexibility index (Phi) is 2.51. The molecule has 2 rings (SSSR count). The summed E-state index contributed by atoms with van der Waals surface area (Å²) in [5.41, 5.74) is 5.69. The first-order chi connectivity index (χ1) is 6.25. The zero-order valence-electron chi connectivity index (χ0n) is 7.74. The molecule has 2 aliphatic heterocycles. The number of carbonyl (C=O) groups excluding carboxylic acids is 1. The lowest BCUT2D eigenvalue weighted by molar-refractivity contribution is -0.129. The third kappa shape index (κ3) is 2.00. The van der Waals surface area contributed by atoms with E-state index >= 15 is 0 Å². The number of likely N-dealkylation sites (tertiary alicyclic amines) is 1. The molecule has 0 aromatic carbocycles. The fraction of sp³-hybridized carbons (Fsp3) is 0.889. The van der Waals surface area contributed by atoms with Crippen LogP contribution in [-0.2, 0) is 9.53 Å². The van der Waals surface area contributed by atoms with E-state index in [1.807, 2.05) is 4.90 Å². The summed E-state index contributed by atoms with van der Waals surface area (Å²) in [5, 5.41) is 0. The second-order valence-electron chi connectivity index (χ2n) is 3.90. The summed E-state index contributed by atoms with van der Waals surface area (Å²) in [6.07, 6.45) is 2.97. The van der Waals surface area contributed by atoms with Gasteiger partial charge in [0.15, 0.2) is 0 Å². The van der Waals surface area contributed by atoms with E-state index < -0.39 is 0 Å². The van der Waals surface area contributed by atoms with Gasteiger partial charge in [-0.2, -0.15) is 0 Å². The molecule has 0 aliphatic carbocycles. The second kappa shape index (κ2) is 3.64. The summed E-state index contributed by atoms with van der Waals surface area (Å²) >= 11 is 0. The zero-order chi connectivity index (χ0) is 9.26. The first-order valence-electron chi connectivity index (χ1n) is 4.90. The highest BCUT2D eigenvalue weighted by atomic mass is 16.5. The number of carbonyl (C=O) groups is 1. The van der Waals surface area contributed by atoms with Crippen molar-refractivity contribution in [3.63, 3.8) is 0 Å². The molecule has 2 aliphatic rings. The first kappa shape index (κ1) is 8.97. The van der Waals surface area contributed by atoms with Crippen molar-refractivity contribution < 1.29 is 9.53 Å². The van der Waals surface area contributed by atoms with Crippen molar-refractivity contribution in [2.45, 2.75) is 31.4 Å². The molecule has 2 fully saturated rings. The summed E-state index contributed by atoms with van der Waals surface area (Å²) < 4.78 is 5.46. The van der Waals surface area contributed by atoms with Crippen LogP contribution in [0.1, 0.15) is 19.3 Å². The molecule has 0 unspecified atom stereocenters. The van der Waals surface area contributed by atoms with E-state index in [-0.39, 0.29) is 18.1 Å². The van der Waals surface area contributed by atoms with Gasteiger partial charge in [0.25, 0.3) is 0 Å². The smallest absolute Gasteiger partial charge is 0.224 e. The summed E-state index contributed by atoms with van der Waals surface area (Å²) in [7, 11) is 0. The molecule has 4 heteroatoms. The summed E-state index contributed by atoms with van der Waals surface area (Å²) in [6.45, 7) is 2.30. The Labute approximate surface area is 78.0 Å². The molecule has 2 saturated heterocycles. The van der Waals surface area contributed by atoms with Crippen molar-refractivity contribution in [1.29, 1.82) is 0 Å². The minimum atomic E-state index is 0.0360. The van der Waals surface area contributed by atoms with Crippen LogP contribution in [0, 0.1) is 0 Å². The monoisotopic (exact) mass is 184 g/mol. The van der Waals surface area contributed by atoms with Gasteiger partial charge in [0.05, 0.1) is 6.10 Å². The van der Waals surface area contributed by atoms with Gasteiger partial charge in [-0.15, -0.1) is 0 Å². The Morgan fingerprint density at radius 1 is 1.62 bits per heavy atom. The van der Waals surface area contributed by atoms with Crippen LogP contribution < -0.4 is 5.73 Å². The minimum Gasteiger partial charge on any atom is -0.376 e. The molecule has 2 atom stereocenters. The van der Waals surface area contributed by atoms with Crippen molar-refractivity contribution in [2.24, 2.45) is 5.73 Å². The normalized spacial score (nSPS) is 34.5. The molecule has 74 valence electrons. The van der Waals surface area contributed by atoms with Crippen LogP contribution in [0.25, 0.3) is 0 Å². The molecule has 13 heavy (non-hydrogen) atoms. The van der Waals surface area contributed by atoms with Crippen LogP contribution in [0.15, 0.2) is 0 Å². The van der Waals surface area contributed by atoms with Crippen molar-refractivity contribution in [1.82, 2.24) is 4.90 Å². The van der Waals surface area contributed by atoms with Gasteiger partial charge in [0.2, 0.25) is 5.91 Å². The molecule has 0 aromatic rings. The second-order valence-corrected chi connectivity index (χ2v) is 3.90. The molecule has 2 N–H and O–H groups in total. The standard InChI is InChI=1S/C9H16N2O2/c10-7-4-9(12)11(5-7)6-8-2-1-3-13-8/h7-8H,1-6,10H2/t7-,8+/m1/s1. The largest absolute Gasteiger partial charge is 0.376 e. The highest BCUT2D eigenvalue weighted by molar-refractivity contribution is 5.79. The Morgan fingerprint density at radius 3 is 3.00 bits per heavy atom. The maximum Gasteiger partial charge on any atom is 0.224 e. The highest BCUT2D eigenvalue weighted by Gasteiger charge is 2.29. The first-order valence-corrected chi connectivity index (χ1v) is 4.90. The van der Waals surface area contributed by atoms with Crippen LogP contribution >= 0.6 is 0 Å². The molecule has 4 nitrogen and oxygen atoms in total. The van der Waals surface area contributed by atoms with Gasteiger partial charge in [-0.05, 0) is 12.8 Å². The Morgan fingerprint density at radius 2 is 2.46 bits per heavy atom. The molecule has 0 radical (unpaired) electrons. The Balaban J connectivity index is 1.83. The van der Waals surface area contributed by atoms with E-state index in [4.69, 9.17) is 10.5 Å². The predicted molar refractivity (Wildman–Crippen MR) is 48.1 cm³/mol. The molecule has 0 bridgehead atoms. The quantitative estimate of drug-likeness (QED) is 0.642. The summed E-state index contributed by atoms with van der Waals surface area (Å²) in [4.78, 5) is 13.2. The van der Waals surface area contributed by atoms with Crippen molar-refractivity contribution in [2.75, 3.05) is 19.7 Å². The highest BCUT2D eigenvalue weighted by Crippen LogP contribution is 2.16. The lowest BCUT2D eigenvalue weighted by atomic mass is 10.2. The lowest BCUT2D eigenvalue weighted by Gasteiger charge is -2.19. The maximum absolute atomic E-state index is 11.4. The topological polar surface area (TPSA) is 55.6 Å². The van der Waals surface area contributed by atoms with Gasteiger partial charge in [0.1, 0.15) is 0 Å².